The van der Waals surface area contributed by atoms with E-state index in [4.69, 9.17) is 5.73 Å². The number of rotatable bonds is 3. The lowest BCUT2D eigenvalue weighted by atomic mass is 10.1. The number of nitrogen functional groups attached to an aromatic ring is 1. The number of benzene rings is 2. The van der Waals surface area contributed by atoms with E-state index in [0.717, 1.165) is 11.1 Å². The minimum absolute atomic E-state index is 0.0612. The fourth-order valence-corrected chi connectivity index (χ4v) is 2.64. The van der Waals surface area contributed by atoms with Crippen molar-refractivity contribution in [2.24, 2.45) is 4.40 Å². The van der Waals surface area contributed by atoms with Gasteiger partial charge in [-0.15, -0.1) is 0 Å². The van der Waals surface area contributed by atoms with Crippen molar-refractivity contribution in [2.75, 3.05) is 5.73 Å². The summed E-state index contributed by atoms with van der Waals surface area (Å²) >= 11 is 0. The normalized spacial score (nSPS) is 12.4. The van der Waals surface area contributed by atoms with Gasteiger partial charge < -0.3 is 10.8 Å². The van der Waals surface area contributed by atoms with Crippen molar-refractivity contribution in [3.8, 4) is 0 Å². The second kappa shape index (κ2) is 5.57. The van der Waals surface area contributed by atoms with Crippen molar-refractivity contribution in [1.82, 2.24) is 0 Å². The Hall–Kier alpha value is -2.34. The molecule has 0 fully saturated rings. The van der Waals surface area contributed by atoms with Gasteiger partial charge in [0.05, 0.1) is 4.90 Å². The van der Waals surface area contributed by atoms with Gasteiger partial charge in [-0.25, -0.2) is 0 Å². The first-order valence-corrected chi connectivity index (χ1v) is 7.69. The van der Waals surface area contributed by atoms with Crippen LogP contribution in [0.25, 0.3) is 0 Å². The third-order valence-corrected chi connectivity index (χ3v) is 4.41. The number of anilines is 1. The van der Waals surface area contributed by atoms with E-state index in [-0.39, 0.29) is 10.5 Å². The summed E-state index contributed by atoms with van der Waals surface area (Å²) in [6, 6.07) is 10.5. The molecule has 21 heavy (non-hydrogen) atoms. The van der Waals surface area contributed by atoms with Crippen LogP contribution in [-0.2, 0) is 10.0 Å². The standard InChI is InChI=1S/C15H16N2O3S/c1-10-3-4-12(9-11(10)2)15(18)17-21(19,20)14-7-5-13(16)6-8-14/h3-9H,16H2,1-2H3,(H,17,18)/p-1. The van der Waals surface area contributed by atoms with Crippen LogP contribution in [-0.4, -0.2) is 14.3 Å². The average molecular weight is 303 g/mol. The number of sulfonamides is 1. The predicted octanol–water partition coefficient (Wildman–Crippen LogP) is 1.38. The van der Waals surface area contributed by atoms with Gasteiger partial charge in [0.25, 0.3) is 10.0 Å². The van der Waals surface area contributed by atoms with E-state index in [9.17, 15) is 13.5 Å². The number of hydrogen-bond acceptors (Lipinski definition) is 4. The highest BCUT2D eigenvalue weighted by molar-refractivity contribution is 7.90. The summed E-state index contributed by atoms with van der Waals surface area (Å²) in [6.45, 7) is 3.76. The Bertz CT molecular complexity index is 794. The molecule has 0 saturated heterocycles. The minimum atomic E-state index is -4.03. The predicted molar refractivity (Wildman–Crippen MR) is 80.5 cm³/mol. The number of hydrogen-bond donors (Lipinski definition) is 1. The molecular formula is C15H15N2O3S-. The third-order valence-electron chi connectivity index (χ3n) is 3.13. The molecule has 0 amide bonds. The van der Waals surface area contributed by atoms with Gasteiger partial charge in [-0.05, 0) is 54.8 Å². The van der Waals surface area contributed by atoms with E-state index >= 15 is 0 Å². The zero-order valence-electron chi connectivity index (χ0n) is 11.7. The maximum atomic E-state index is 12.1. The quantitative estimate of drug-likeness (QED) is 0.526. The van der Waals surface area contributed by atoms with Gasteiger partial charge in [-0.2, -0.15) is 12.8 Å². The van der Waals surface area contributed by atoms with Crippen LogP contribution < -0.4 is 10.8 Å². The monoisotopic (exact) mass is 303 g/mol. The van der Waals surface area contributed by atoms with E-state index in [1.54, 1.807) is 18.2 Å². The molecule has 6 heteroatoms. The van der Waals surface area contributed by atoms with Crippen molar-refractivity contribution in [3.05, 3.63) is 59.2 Å². The van der Waals surface area contributed by atoms with Crippen molar-refractivity contribution < 1.29 is 13.5 Å². The number of nitrogens with two attached hydrogens (primary N) is 1. The molecule has 0 aliphatic carbocycles. The van der Waals surface area contributed by atoms with Gasteiger partial charge in [-0.1, -0.05) is 18.2 Å². The first kappa shape index (κ1) is 15.1. The molecule has 0 heterocycles. The first-order chi connectivity index (χ1) is 9.79. The molecule has 0 unspecified atom stereocenters. The van der Waals surface area contributed by atoms with Crippen LogP contribution in [0, 0.1) is 13.8 Å². The van der Waals surface area contributed by atoms with Crippen LogP contribution in [0.1, 0.15) is 16.7 Å². The summed E-state index contributed by atoms with van der Waals surface area (Å²) in [4.78, 5) is -0.0612. The van der Waals surface area contributed by atoms with Crippen LogP contribution in [0.2, 0.25) is 0 Å². The van der Waals surface area contributed by atoms with Gasteiger partial charge >= 0.3 is 0 Å². The number of nitrogens with zero attached hydrogens (tertiary/aromatic N) is 1. The van der Waals surface area contributed by atoms with Crippen LogP contribution >= 0.6 is 0 Å². The minimum Gasteiger partial charge on any atom is -0.858 e. The fraction of sp³-hybridized carbons (Fsp3) is 0.133. The fourth-order valence-electron chi connectivity index (χ4n) is 1.73. The smallest absolute Gasteiger partial charge is 0.281 e. The van der Waals surface area contributed by atoms with Gasteiger partial charge in [0.2, 0.25) is 0 Å². The summed E-state index contributed by atoms with van der Waals surface area (Å²) in [7, 11) is -4.03. The molecular weight excluding hydrogens is 288 g/mol. The van der Waals surface area contributed by atoms with Gasteiger partial charge in [0.1, 0.15) is 0 Å². The molecule has 2 rings (SSSR count). The second-order valence-electron chi connectivity index (χ2n) is 4.74. The van der Waals surface area contributed by atoms with Crippen molar-refractivity contribution in [2.45, 2.75) is 18.7 Å². The molecule has 0 radical (unpaired) electrons. The van der Waals surface area contributed by atoms with Crippen LogP contribution in [0.15, 0.2) is 51.8 Å². The van der Waals surface area contributed by atoms with E-state index in [1.165, 1.54) is 24.3 Å². The molecule has 2 aromatic carbocycles. The summed E-state index contributed by atoms with van der Waals surface area (Å²) in [5.41, 5.74) is 8.11. The Morgan fingerprint density at radius 1 is 1.05 bits per heavy atom. The Morgan fingerprint density at radius 2 is 1.67 bits per heavy atom. The van der Waals surface area contributed by atoms with Gasteiger partial charge in [0.15, 0.2) is 0 Å². The molecule has 0 bridgehead atoms. The van der Waals surface area contributed by atoms with E-state index in [2.05, 4.69) is 4.40 Å². The molecule has 0 spiro atoms. The lowest BCUT2D eigenvalue weighted by molar-refractivity contribution is -0.212. The zero-order chi connectivity index (χ0) is 15.6. The molecule has 0 atom stereocenters. The maximum absolute atomic E-state index is 12.1. The highest BCUT2D eigenvalue weighted by Crippen LogP contribution is 2.16. The highest BCUT2D eigenvalue weighted by atomic mass is 32.2. The molecule has 0 aromatic heterocycles. The second-order valence-corrected chi connectivity index (χ2v) is 6.34. The number of aryl methyl sites for hydroxylation is 2. The summed E-state index contributed by atoms with van der Waals surface area (Å²) in [5.74, 6) is -0.782. The van der Waals surface area contributed by atoms with Crippen molar-refractivity contribution >= 4 is 21.6 Å². The molecule has 0 aliphatic heterocycles. The Kier molecular flexibility index (Phi) is 3.99. The van der Waals surface area contributed by atoms with E-state index in [0.29, 0.717) is 5.69 Å². The molecule has 0 aliphatic rings. The van der Waals surface area contributed by atoms with Gasteiger partial charge in [0, 0.05) is 11.6 Å². The summed E-state index contributed by atoms with van der Waals surface area (Å²) in [5, 5.41) is 12.0. The van der Waals surface area contributed by atoms with Crippen LogP contribution in [0.5, 0.6) is 0 Å². The first-order valence-electron chi connectivity index (χ1n) is 6.25. The van der Waals surface area contributed by atoms with Crippen LogP contribution in [0.3, 0.4) is 0 Å². The third kappa shape index (κ3) is 3.41. The Balaban J connectivity index is 2.41. The van der Waals surface area contributed by atoms with E-state index < -0.39 is 15.9 Å². The van der Waals surface area contributed by atoms with Crippen LogP contribution in [0.4, 0.5) is 5.69 Å². The molecule has 5 nitrogen and oxygen atoms in total. The SMILES string of the molecule is Cc1ccc(C([O-])=NS(=O)(=O)c2ccc(N)cc2)cc1C. The lowest BCUT2D eigenvalue weighted by Gasteiger charge is -2.12. The largest absolute Gasteiger partial charge is 0.858 e. The molecule has 0 saturated carbocycles. The average Bonchev–Trinajstić information content (AvgIpc) is 2.41. The summed E-state index contributed by atoms with van der Waals surface area (Å²) < 4.78 is 27.4. The molecule has 2 N–H and O–H groups in total. The molecule has 2 aromatic rings. The Labute approximate surface area is 123 Å². The maximum Gasteiger partial charge on any atom is 0.281 e. The Morgan fingerprint density at radius 3 is 2.24 bits per heavy atom. The van der Waals surface area contributed by atoms with Crippen molar-refractivity contribution in [3.63, 3.8) is 0 Å². The molecule has 110 valence electrons. The topological polar surface area (TPSA) is 95.6 Å². The highest BCUT2D eigenvalue weighted by Gasteiger charge is 2.12. The van der Waals surface area contributed by atoms with Gasteiger partial charge in [-0.3, -0.25) is 0 Å². The van der Waals surface area contributed by atoms with Crippen molar-refractivity contribution in [1.29, 1.82) is 0 Å². The summed E-state index contributed by atoms with van der Waals surface area (Å²) in [6.07, 6.45) is 0. The zero-order valence-corrected chi connectivity index (χ0v) is 12.5. The van der Waals surface area contributed by atoms with E-state index in [1.807, 2.05) is 13.8 Å². The lowest BCUT2D eigenvalue weighted by Crippen LogP contribution is -2.21.